The Labute approximate surface area is 108 Å². The Kier molecular flexibility index (Phi) is 2.28. The van der Waals surface area contributed by atoms with Crippen molar-refractivity contribution in [3.05, 3.63) is 0 Å². The summed E-state index contributed by atoms with van der Waals surface area (Å²) < 4.78 is 0. The molecule has 3 nitrogen and oxygen atoms in total. The van der Waals surface area contributed by atoms with Gasteiger partial charge in [0.15, 0.2) is 0 Å². The maximum atomic E-state index is 12.1. The molecule has 18 heavy (non-hydrogen) atoms. The number of rotatable bonds is 1. The number of carbonyl (C=O) groups is 2. The lowest BCUT2D eigenvalue weighted by molar-refractivity contribution is -0.152. The van der Waals surface area contributed by atoms with E-state index in [2.05, 4.69) is 13.8 Å². The van der Waals surface area contributed by atoms with Gasteiger partial charge in [-0.2, -0.15) is 0 Å². The van der Waals surface area contributed by atoms with E-state index >= 15 is 0 Å². The van der Waals surface area contributed by atoms with Crippen LogP contribution in [0.3, 0.4) is 0 Å². The van der Waals surface area contributed by atoms with Crippen molar-refractivity contribution in [2.24, 2.45) is 34.5 Å². The molecule has 0 heterocycles. The highest BCUT2D eigenvalue weighted by Crippen LogP contribution is 2.72. The molecule has 0 aromatic heterocycles. The molecule has 100 valence electrons. The first kappa shape index (κ1) is 12.2. The van der Waals surface area contributed by atoms with Crippen molar-refractivity contribution in [1.29, 1.82) is 0 Å². The first-order valence-corrected chi connectivity index (χ1v) is 7.06. The van der Waals surface area contributed by atoms with Crippen LogP contribution in [0.5, 0.6) is 0 Å². The van der Waals surface area contributed by atoms with Crippen LogP contribution in [-0.4, -0.2) is 16.9 Å². The van der Waals surface area contributed by atoms with Crippen molar-refractivity contribution in [2.45, 2.75) is 46.5 Å². The van der Waals surface area contributed by atoms with Crippen LogP contribution in [0.15, 0.2) is 0 Å². The van der Waals surface area contributed by atoms with Gasteiger partial charge in [-0.1, -0.05) is 20.8 Å². The third-order valence-electron chi connectivity index (χ3n) is 6.37. The van der Waals surface area contributed by atoms with Crippen LogP contribution in [0.1, 0.15) is 46.5 Å². The van der Waals surface area contributed by atoms with Gasteiger partial charge in [0, 0.05) is 12.3 Å². The van der Waals surface area contributed by atoms with Gasteiger partial charge in [0.05, 0.1) is 5.92 Å². The minimum Gasteiger partial charge on any atom is -0.481 e. The standard InChI is InChI=1S/C15H22O3/c1-8-12(16)6-11-9-4-5-10(13(17)18)15(8,11)7-14(9,2)3/h8-11H,4-7H2,1-3H3,(H,17,18)/t8?,9-,10-,11+,15+/m1/s1. The maximum absolute atomic E-state index is 12.1. The van der Waals surface area contributed by atoms with Crippen LogP contribution >= 0.6 is 0 Å². The van der Waals surface area contributed by atoms with Gasteiger partial charge >= 0.3 is 5.97 Å². The molecule has 3 rings (SSSR count). The zero-order valence-electron chi connectivity index (χ0n) is 11.4. The van der Waals surface area contributed by atoms with Gasteiger partial charge in [0.1, 0.15) is 5.78 Å². The number of carboxylic acids is 1. The maximum Gasteiger partial charge on any atom is 0.307 e. The zero-order valence-corrected chi connectivity index (χ0v) is 11.4. The lowest BCUT2D eigenvalue weighted by atomic mass is 9.59. The van der Waals surface area contributed by atoms with E-state index < -0.39 is 5.97 Å². The monoisotopic (exact) mass is 250 g/mol. The largest absolute Gasteiger partial charge is 0.481 e. The first-order chi connectivity index (χ1) is 8.30. The predicted molar refractivity (Wildman–Crippen MR) is 67.0 cm³/mol. The fourth-order valence-corrected chi connectivity index (χ4v) is 5.71. The summed E-state index contributed by atoms with van der Waals surface area (Å²) in [6, 6.07) is 0. The molecule has 0 aliphatic heterocycles. The summed E-state index contributed by atoms with van der Waals surface area (Å²) in [5.74, 6) is 0.119. The third kappa shape index (κ3) is 1.20. The quantitative estimate of drug-likeness (QED) is 0.778. The van der Waals surface area contributed by atoms with Crippen molar-refractivity contribution >= 4 is 11.8 Å². The van der Waals surface area contributed by atoms with Gasteiger partial charge in [-0.05, 0) is 41.9 Å². The van der Waals surface area contributed by atoms with Gasteiger partial charge in [0.25, 0.3) is 0 Å². The van der Waals surface area contributed by atoms with E-state index in [1.165, 1.54) is 0 Å². The molecule has 0 aromatic rings. The number of Topliss-reactive ketones (excluding diaryl/α,β-unsaturated/α-hetero) is 1. The van der Waals surface area contributed by atoms with Gasteiger partial charge in [-0.3, -0.25) is 9.59 Å². The molecule has 3 aliphatic rings. The summed E-state index contributed by atoms with van der Waals surface area (Å²) in [5, 5.41) is 9.56. The van der Waals surface area contributed by atoms with Gasteiger partial charge in [-0.25, -0.2) is 0 Å². The molecule has 0 aromatic carbocycles. The molecular formula is C15H22O3. The second-order valence-corrected chi connectivity index (χ2v) is 7.35. The van der Waals surface area contributed by atoms with Crippen LogP contribution < -0.4 is 0 Å². The third-order valence-corrected chi connectivity index (χ3v) is 6.37. The van der Waals surface area contributed by atoms with Crippen molar-refractivity contribution < 1.29 is 14.7 Å². The molecule has 5 atom stereocenters. The highest BCUT2D eigenvalue weighted by molar-refractivity contribution is 5.87. The highest BCUT2D eigenvalue weighted by Gasteiger charge is 2.69. The first-order valence-electron chi connectivity index (χ1n) is 7.06. The van der Waals surface area contributed by atoms with E-state index in [4.69, 9.17) is 0 Å². The minimum atomic E-state index is -0.683. The summed E-state index contributed by atoms with van der Waals surface area (Å²) in [6.07, 6.45) is 3.28. The number of aliphatic carboxylic acids is 1. The zero-order chi connectivity index (χ0) is 13.3. The molecule has 0 amide bonds. The Bertz CT molecular complexity index is 425. The van der Waals surface area contributed by atoms with Gasteiger partial charge in [-0.15, -0.1) is 0 Å². The van der Waals surface area contributed by atoms with Crippen molar-refractivity contribution in [3.8, 4) is 0 Å². The second kappa shape index (κ2) is 3.37. The Balaban J connectivity index is 2.13. The molecule has 0 radical (unpaired) electrons. The minimum absolute atomic E-state index is 0.0619. The highest BCUT2D eigenvalue weighted by atomic mass is 16.4. The average molecular weight is 250 g/mol. The Morgan fingerprint density at radius 3 is 2.56 bits per heavy atom. The van der Waals surface area contributed by atoms with Crippen LogP contribution in [0.2, 0.25) is 0 Å². The molecule has 3 aliphatic carbocycles. The lowest BCUT2D eigenvalue weighted by Crippen LogP contribution is -2.44. The molecule has 3 fully saturated rings. The Morgan fingerprint density at radius 1 is 1.28 bits per heavy atom. The topological polar surface area (TPSA) is 54.4 Å². The van der Waals surface area contributed by atoms with Crippen molar-refractivity contribution in [2.75, 3.05) is 0 Å². The summed E-state index contributed by atoms with van der Waals surface area (Å²) in [6.45, 7) is 6.50. The van der Waals surface area contributed by atoms with Crippen molar-refractivity contribution in [1.82, 2.24) is 0 Å². The van der Waals surface area contributed by atoms with Crippen LogP contribution in [-0.2, 0) is 9.59 Å². The van der Waals surface area contributed by atoms with E-state index in [0.29, 0.717) is 24.0 Å². The predicted octanol–water partition coefficient (Wildman–Crippen LogP) is 2.74. The van der Waals surface area contributed by atoms with Gasteiger partial charge < -0.3 is 5.11 Å². The Morgan fingerprint density at radius 2 is 1.94 bits per heavy atom. The summed E-state index contributed by atoms with van der Waals surface area (Å²) >= 11 is 0. The van der Waals surface area contributed by atoms with Crippen molar-refractivity contribution in [3.63, 3.8) is 0 Å². The van der Waals surface area contributed by atoms with Crippen LogP contribution in [0.4, 0.5) is 0 Å². The fourth-order valence-electron chi connectivity index (χ4n) is 5.71. The molecule has 2 bridgehead atoms. The van der Waals surface area contributed by atoms with Gasteiger partial charge in [0.2, 0.25) is 0 Å². The second-order valence-electron chi connectivity index (χ2n) is 7.35. The Hall–Kier alpha value is -0.860. The number of hydrogen-bond acceptors (Lipinski definition) is 2. The SMILES string of the molecule is CC1C(=O)C[C@H]2[C@H]3CC[C@H](C(=O)O)[C@]12CC3(C)C. The van der Waals surface area contributed by atoms with Crippen LogP contribution in [0.25, 0.3) is 0 Å². The van der Waals surface area contributed by atoms with E-state index in [0.717, 1.165) is 19.3 Å². The number of hydrogen-bond donors (Lipinski definition) is 1. The van der Waals surface area contributed by atoms with E-state index in [1.807, 2.05) is 6.92 Å². The van der Waals surface area contributed by atoms with Crippen LogP contribution in [0, 0.1) is 34.5 Å². The molecule has 0 saturated heterocycles. The fraction of sp³-hybridized carbons (Fsp3) is 0.867. The molecule has 0 spiro atoms. The molecule has 3 heteroatoms. The number of ketones is 1. The molecule has 3 saturated carbocycles. The summed E-state index contributed by atoms with van der Waals surface area (Å²) in [5.41, 5.74) is -0.0425. The number of carboxylic acid groups (broad SMARTS) is 1. The number of carbonyl (C=O) groups excluding carboxylic acids is 1. The smallest absolute Gasteiger partial charge is 0.307 e. The molecular weight excluding hydrogens is 228 g/mol. The molecule has 1 N–H and O–H groups in total. The average Bonchev–Trinajstić information content (AvgIpc) is 2.57. The van der Waals surface area contributed by atoms with E-state index in [-0.39, 0.29) is 22.7 Å². The molecule has 1 unspecified atom stereocenters. The normalized spacial score (nSPS) is 49.2. The van der Waals surface area contributed by atoms with E-state index in [1.54, 1.807) is 0 Å². The summed E-state index contributed by atoms with van der Waals surface area (Å²) in [7, 11) is 0. The summed E-state index contributed by atoms with van der Waals surface area (Å²) in [4.78, 5) is 23.7. The lowest BCUT2D eigenvalue weighted by Gasteiger charge is -2.43. The van der Waals surface area contributed by atoms with E-state index in [9.17, 15) is 14.7 Å².